The molecule has 140 valence electrons. The number of fused-ring (bicyclic) bond motifs is 1. The summed E-state index contributed by atoms with van der Waals surface area (Å²) in [5.41, 5.74) is 0.958. The second-order valence-electron chi connectivity index (χ2n) is 6.54. The number of carbonyl (C=O) groups is 1. The number of nitrogens with one attached hydrogen (secondary N) is 1. The molecule has 1 aliphatic heterocycles. The van der Waals surface area contributed by atoms with Crippen molar-refractivity contribution >= 4 is 17.2 Å². The van der Waals surface area contributed by atoms with Crippen molar-refractivity contribution in [3.63, 3.8) is 0 Å². The summed E-state index contributed by atoms with van der Waals surface area (Å²) in [6.07, 6.45) is 4.84. The Bertz CT molecular complexity index is 947. The van der Waals surface area contributed by atoms with Gasteiger partial charge in [-0.05, 0) is 44.0 Å². The van der Waals surface area contributed by atoms with Crippen LogP contribution in [0.25, 0.3) is 10.6 Å². The average Bonchev–Trinajstić information content (AvgIpc) is 3.35. The lowest BCUT2D eigenvalue weighted by Crippen LogP contribution is -2.29. The minimum absolute atomic E-state index is 0.145. The number of rotatable bonds is 5. The van der Waals surface area contributed by atoms with Gasteiger partial charge in [-0.3, -0.25) is 4.79 Å². The van der Waals surface area contributed by atoms with E-state index in [0.29, 0.717) is 4.88 Å². The lowest BCUT2D eigenvalue weighted by atomic mass is 10.1. The summed E-state index contributed by atoms with van der Waals surface area (Å²) < 4.78 is 7.30. The van der Waals surface area contributed by atoms with E-state index in [1.165, 1.54) is 11.3 Å². The molecular weight excluding hydrogens is 362 g/mol. The van der Waals surface area contributed by atoms with Crippen molar-refractivity contribution in [1.29, 1.82) is 0 Å². The van der Waals surface area contributed by atoms with Gasteiger partial charge in [0.05, 0.1) is 19.3 Å². The van der Waals surface area contributed by atoms with Gasteiger partial charge < -0.3 is 14.6 Å². The van der Waals surface area contributed by atoms with Crippen molar-refractivity contribution in [2.24, 2.45) is 0 Å². The molecule has 1 unspecified atom stereocenters. The molecule has 8 heteroatoms. The first-order valence-corrected chi connectivity index (χ1v) is 9.80. The molecule has 1 N–H and O–H groups in total. The maximum absolute atomic E-state index is 12.6. The monoisotopic (exact) mass is 383 g/mol. The highest BCUT2D eigenvalue weighted by molar-refractivity contribution is 7.16. The highest BCUT2D eigenvalue weighted by atomic mass is 32.1. The van der Waals surface area contributed by atoms with Gasteiger partial charge in [0.1, 0.15) is 21.5 Å². The Labute approximate surface area is 161 Å². The molecule has 27 heavy (non-hydrogen) atoms. The molecule has 0 radical (unpaired) electrons. The zero-order chi connectivity index (χ0) is 18.8. The van der Waals surface area contributed by atoms with Gasteiger partial charge in [0, 0.05) is 18.5 Å². The van der Waals surface area contributed by atoms with Crippen molar-refractivity contribution < 1.29 is 9.53 Å². The Morgan fingerprint density at radius 2 is 2.07 bits per heavy atom. The molecule has 2 aromatic heterocycles. The van der Waals surface area contributed by atoms with Crippen LogP contribution in [0.15, 0.2) is 30.5 Å². The third kappa shape index (κ3) is 3.57. The Morgan fingerprint density at radius 3 is 2.85 bits per heavy atom. The lowest BCUT2D eigenvalue weighted by molar-refractivity contribution is 0.0941. The highest BCUT2D eigenvalue weighted by Gasteiger charge is 2.22. The van der Waals surface area contributed by atoms with Gasteiger partial charge in [-0.2, -0.15) is 0 Å². The lowest BCUT2D eigenvalue weighted by Gasteiger charge is -2.18. The number of thiazole rings is 1. The fourth-order valence-electron chi connectivity index (χ4n) is 3.23. The second kappa shape index (κ2) is 7.48. The van der Waals surface area contributed by atoms with Gasteiger partial charge >= 0.3 is 0 Å². The standard InChI is InChI=1S/C19H21N5O2S/c1-12(17-23-22-16-5-3-4-10-24(16)17)21-18(25)15-11-20-19(27-15)13-6-8-14(26-2)9-7-13/h6-9,11-12H,3-5,10H2,1-2H3,(H,21,25). The smallest absolute Gasteiger partial charge is 0.263 e. The molecule has 0 bridgehead atoms. The van der Waals surface area contributed by atoms with Crippen LogP contribution in [0.4, 0.5) is 0 Å². The molecule has 1 atom stereocenters. The number of benzene rings is 1. The molecular formula is C19H21N5O2S. The molecule has 7 nitrogen and oxygen atoms in total. The van der Waals surface area contributed by atoms with E-state index in [1.54, 1.807) is 13.3 Å². The summed E-state index contributed by atoms with van der Waals surface area (Å²) in [7, 11) is 1.63. The number of aryl methyl sites for hydroxylation is 1. The summed E-state index contributed by atoms with van der Waals surface area (Å²) in [6.45, 7) is 2.86. The fraction of sp³-hybridized carbons (Fsp3) is 0.368. The van der Waals surface area contributed by atoms with Crippen LogP contribution >= 0.6 is 11.3 Å². The third-order valence-corrected chi connectivity index (χ3v) is 5.73. The summed E-state index contributed by atoms with van der Waals surface area (Å²) in [4.78, 5) is 17.6. The average molecular weight is 383 g/mol. The zero-order valence-corrected chi connectivity index (χ0v) is 16.1. The quantitative estimate of drug-likeness (QED) is 0.731. The van der Waals surface area contributed by atoms with Gasteiger partial charge in [-0.15, -0.1) is 21.5 Å². The molecule has 1 aromatic carbocycles. The molecule has 0 saturated carbocycles. The number of hydrogen-bond acceptors (Lipinski definition) is 6. The molecule has 0 saturated heterocycles. The van der Waals surface area contributed by atoms with Crippen LogP contribution in [0.3, 0.4) is 0 Å². The topological polar surface area (TPSA) is 81.9 Å². The van der Waals surface area contributed by atoms with E-state index >= 15 is 0 Å². The predicted octanol–water partition coefficient (Wildman–Crippen LogP) is 3.24. The van der Waals surface area contributed by atoms with Crippen molar-refractivity contribution in [1.82, 2.24) is 25.1 Å². The van der Waals surface area contributed by atoms with Crippen LogP contribution in [0.2, 0.25) is 0 Å². The number of aromatic nitrogens is 4. The number of carbonyl (C=O) groups excluding carboxylic acids is 1. The Balaban J connectivity index is 1.47. The van der Waals surface area contributed by atoms with Gasteiger partial charge in [0.25, 0.3) is 5.91 Å². The Hall–Kier alpha value is -2.74. The SMILES string of the molecule is COc1ccc(-c2ncc(C(=O)NC(C)c3nnc4n3CCCC4)s2)cc1. The van der Waals surface area contributed by atoms with Crippen LogP contribution in [0, 0.1) is 0 Å². The molecule has 1 amide bonds. The summed E-state index contributed by atoms with van der Waals surface area (Å²) >= 11 is 1.37. The molecule has 0 aliphatic carbocycles. The molecule has 0 spiro atoms. The third-order valence-electron chi connectivity index (χ3n) is 4.69. The van der Waals surface area contributed by atoms with E-state index in [-0.39, 0.29) is 11.9 Å². The minimum atomic E-state index is -0.205. The number of nitrogens with zero attached hydrogens (tertiary/aromatic N) is 4. The number of methoxy groups -OCH3 is 1. The fourth-order valence-corrected chi connectivity index (χ4v) is 4.05. The summed E-state index contributed by atoms with van der Waals surface area (Å²) in [6, 6.07) is 7.43. The van der Waals surface area contributed by atoms with E-state index < -0.39 is 0 Å². The van der Waals surface area contributed by atoms with E-state index in [1.807, 2.05) is 31.2 Å². The van der Waals surface area contributed by atoms with Gasteiger partial charge in [-0.25, -0.2) is 4.98 Å². The van der Waals surface area contributed by atoms with Crippen molar-refractivity contribution in [2.45, 2.75) is 38.8 Å². The van der Waals surface area contributed by atoms with Crippen LogP contribution < -0.4 is 10.1 Å². The highest BCUT2D eigenvalue weighted by Crippen LogP contribution is 2.27. The largest absolute Gasteiger partial charge is 0.497 e. The van der Waals surface area contributed by atoms with Crippen LogP contribution in [0.1, 0.15) is 47.1 Å². The Kier molecular flexibility index (Phi) is 4.89. The maximum Gasteiger partial charge on any atom is 0.263 e. The summed E-state index contributed by atoms with van der Waals surface area (Å²) in [5, 5.41) is 12.4. The molecule has 4 rings (SSSR count). The zero-order valence-electron chi connectivity index (χ0n) is 15.3. The summed E-state index contributed by atoms with van der Waals surface area (Å²) in [5.74, 6) is 2.47. The van der Waals surface area contributed by atoms with E-state index in [2.05, 4.69) is 25.1 Å². The maximum atomic E-state index is 12.6. The van der Waals surface area contributed by atoms with Crippen molar-refractivity contribution in [3.05, 3.63) is 47.0 Å². The van der Waals surface area contributed by atoms with Crippen LogP contribution in [-0.4, -0.2) is 32.8 Å². The van der Waals surface area contributed by atoms with Gasteiger partial charge in [-0.1, -0.05) is 0 Å². The number of hydrogen-bond donors (Lipinski definition) is 1. The molecule has 1 aliphatic rings. The normalized spacial score (nSPS) is 14.4. The van der Waals surface area contributed by atoms with Gasteiger partial charge in [0.15, 0.2) is 5.82 Å². The molecule has 3 heterocycles. The molecule has 3 aromatic rings. The first kappa shape index (κ1) is 17.7. The van der Waals surface area contributed by atoms with Crippen molar-refractivity contribution in [3.8, 4) is 16.3 Å². The first-order chi connectivity index (χ1) is 13.2. The minimum Gasteiger partial charge on any atom is -0.497 e. The van der Waals surface area contributed by atoms with Crippen LogP contribution in [-0.2, 0) is 13.0 Å². The Morgan fingerprint density at radius 1 is 1.26 bits per heavy atom. The number of amides is 1. The van der Waals surface area contributed by atoms with E-state index in [9.17, 15) is 4.79 Å². The second-order valence-corrected chi connectivity index (χ2v) is 7.57. The number of ether oxygens (including phenoxy) is 1. The van der Waals surface area contributed by atoms with E-state index in [4.69, 9.17) is 4.74 Å². The molecule has 0 fully saturated rings. The van der Waals surface area contributed by atoms with Gasteiger partial charge in [0.2, 0.25) is 0 Å². The van der Waals surface area contributed by atoms with E-state index in [0.717, 1.165) is 53.8 Å². The first-order valence-electron chi connectivity index (χ1n) is 8.99. The predicted molar refractivity (Wildman–Crippen MR) is 103 cm³/mol. The van der Waals surface area contributed by atoms with Crippen LogP contribution in [0.5, 0.6) is 5.75 Å². The van der Waals surface area contributed by atoms with Crippen molar-refractivity contribution in [2.75, 3.05) is 7.11 Å².